The Morgan fingerprint density at radius 2 is 1.88 bits per heavy atom. The topological polar surface area (TPSA) is 28.6 Å². The van der Waals surface area contributed by atoms with E-state index in [0.717, 1.165) is 32.8 Å². The quantitative estimate of drug-likeness (QED) is 0.692. The van der Waals surface area contributed by atoms with E-state index in [4.69, 9.17) is 4.74 Å². The van der Waals surface area contributed by atoms with Crippen molar-refractivity contribution in [1.29, 1.82) is 0 Å². The van der Waals surface area contributed by atoms with Gasteiger partial charge in [-0.25, -0.2) is 0 Å². The van der Waals surface area contributed by atoms with Crippen molar-refractivity contribution in [3.63, 3.8) is 0 Å². The fraction of sp³-hybridized carbons (Fsp3) is 0.381. The minimum Gasteiger partial charge on any atom is -0.379 e. The molecule has 0 spiro atoms. The smallest absolute Gasteiger partial charge is 0.0888 e. The largest absolute Gasteiger partial charge is 0.379 e. The average molecular weight is 366 g/mol. The summed E-state index contributed by atoms with van der Waals surface area (Å²) >= 11 is 1.57. The van der Waals surface area contributed by atoms with Crippen LogP contribution in [0, 0.1) is 0 Å². The van der Waals surface area contributed by atoms with Gasteiger partial charge in [-0.1, -0.05) is 30.3 Å². The number of nitrogens with zero attached hydrogens (tertiary/aromatic N) is 3. The zero-order valence-electron chi connectivity index (χ0n) is 15.0. The first kappa shape index (κ1) is 16.4. The van der Waals surface area contributed by atoms with Crippen molar-refractivity contribution in [2.24, 2.45) is 0 Å². The molecule has 5 rings (SSSR count). The molecule has 5 heteroatoms. The van der Waals surface area contributed by atoms with Crippen LogP contribution in [0.3, 0.4) is 0 Å². The van der Waals surface area contributed by atoms with Gasteiger partial charge < -0.3 is 4.74 Å². The van der Waals surface area contributed by atoms with Crippen LogP contribution in [-0.2, 0) is 4.74 Å². The lowest BCUT2D eigenvalue weighted by Crippen LogP contribution is -2.49. The molecular formula is C21H23N3OS. The standard InChI is InChI=1S/C21H23N3OS/c1-23-14-19(15-6-7-20-16(12-15)13-22-26-20)17-4-2-3-5-18(17)21(23)24-8-10-25-11-9-24/h2-7,12-13,19,21H,8-11,14H2,1H3. The van der Waals surface area contributed by atoms with Crippen LogP contribution >= 0.6 is 11.5 Å². The lowest BCUT2D eigenvalue weighted by molar-refractivity contribution is -0.0324. The molecule has 2 unspecified atom stereocenters. The van der Waals surface area contributed by atoms with E-state index in [-0.39, 0.29) is 0 Å². The van der Waals surface area contributed by atoms with E-state index in [2.05, 4.69) is 63.7 Å². The summed E-state index contributed by atoms with van der Waals surface area (Å²) in [4.78, 5) is 5.07. The molecule has 0 aliphatic carbocycles. The van der Waals surface area contributed by atoms with Gasteiger partial charge in [-0.2, -0.15) is 4.37 Å². The van der Waals surface area contributed by atoms with Crippen molar-refractivity contribution in [2.75, 3.05) is 39.9 Å². The molecule has 3 heterocycles. The number of likely N-dealkylation sites (N-methyl/N-ethyl adjacent to an activating group) is 1. The van der Waals surface area contributed by atoms with Gasteiger partial charge in [-0.15, -0.1) is 0 Å². The van der Waals surface area contributed by atoms with Crippen LogP contribution in [0.5, 0.6) is 0 Å². The van der Waals surface area contributed by atoms with Crippen molar-refractivity contribution in [3.05, 3.63) is 65.4 Å². The van der Waals surface area contributed by atoms with Gasteiger partial charge >= 0.3 is 0 Å². The molecule has 1 saturated heterocycles. The van der Waals surface area contributed by atoms with Crippen molar-refractivity contribution in [3.8, 4) is 0 Å². The summed E-state index contributed by atoms with van der Waals surface area (Å²) in [6.07, 6.45) is 2.33. The molecule has 2 aromatic carbocycles. The third-order valence-electron chi connectivity index (χ3n) is 5.71. The maximum atomic E-state index is 5.57. The highest BCUT2D eigenvalue weighted by molar-refractivity contribution is 7.13. The summed E-state index contributed by atoms with van der Waals surface area (Å²) < 4.78 is 11.2. The van der Waals surface area contributed by atoms with Crippen LogP contribution in [0.25, 0.3) is 10.1 Å². The Balaban J connectivity index is 1.56. The van der Waals surface area contributed by atoms with Gasteiger partial charge in [-0.3, -0.25) is 9.80 Å². The first-order valence-corrected chi connectivity index (χ1v) is 10.0. The van der Waals surface area contributed by atoms with Gasteiger partial charge in [0.05, 0.1) is 24.1 Å². The molecule has 1 fully saturated rings. The Hall–Kier alpha value is -1.79. The van der Waals surface area contributed by atoms with Crippen molar-refractivity contribution < 1.29 is 4.74 Å². The van der Waals surface area contributed by atoms with Crippen molar-refractivity contribution >= 4 is 21.6 Å². The van der Waals surface area contributed by atoms with Gasteiger partial charge in [0, 0.05) is 37.1 Å². The monoisotopic (exact) mass is 365 g/mol. The number of aromatic nitrogens is 1. The van der Waals surface area contributed by atoms with Gasteiger partial charge in [0.25, 0.3) is 0 Å². The molecule has 0 radical (unpaired) electrons. The predicted octanol–water partition coefficient (Wildman–Crippen LogP) is 3.70. The number of morpholine rings is 1. The summed E-state index contributed by atoms with van der Waals surface area (Å²) in [7, 11) is 2.26. The first-order chi connectivity index (χ1) is 12.8. The van der Waals surface area contributed by atoms with E-state index in [9.17, 15) is 0 Å². The molecular weight excluding hydrogens is 342 g/mol. The summed E-state index contributed by atoms with van der Waals surface area (Å²) in [6, 6.07) is 15.8. The predicted molar refractivity (Wildman–Crippen MR) is 106 cm³/mol. The Bertz CT molecular complexity index is 918. The molecule has 2 aliphatic heterocycles. The van der Waals surface area contributed by atoms with Crippen LogP contribution in [0.4, 0.5) is 0 Å². The summed E-state index contributed by atoms with van der Waals surface area (Å²) in [5, 5.41) is 1.25. The van der Waals surface area contributed by atoms with Crippen molar-refractivity contribution in [1.82, 2.24) is 14.2 Å². The van der Waals surface area contributed by atoms with Crippen LogP contribution in [0.1, 0.15) is 28.8 Å². The molecule has 0 N–H and O–H groups in total. The molecule has 3 aromatic rings. The molecule has 134 valence electrons. The maximum Gasteiger partial charge on any atom is 0.0888 e. The Morgan fingerprint density at radius 3 is 2.73 bits per heavy atom. The molecule has 2 atom stereocenters. The summed E-state index contributed by atoms with van der Waals surface area (Å²) in [6.45, 7) is 4.69. The lowest BCUT2D eigenvalue weighted by atomic mass is 9.83. The number of hydrogen-bond acceptors (Lipinski definition) is 5. The molecule has 0 bridgehead atoms. The first-order valence-electron chi connectivity index (χ1n) is 9.26. The molecule has 1 aromatic heterocycles. The van der Waals surface area contributed by atoms with Gasteiger partial charge in [-0.05, 0) is 47.4 Å². The normalized spacial score (nSPS) is 24.7. The van der Waals surface area contributed by atoms with E-state index < -0.39 is 0 Å². The second-order valence-electron chi connectivity index (χ2n) is 7.27. The number of benzene rings is 2. The molecule has 0 amide bonds. The minimum atomic E-state index is 0.345. The van der Waals surface area contributed by atoms with Crippen molar-refractivity contribution in [2.45, 2.75) is 12.1 Å². The number of hydrogen-bond donors (Lipinski definition) is 0. The second kappa shape index (κ2) is 6.74. The van der Waals surface area contributed by atoms with Crippen LogP contribution in [0.15, 0.2) is 48.7 Å². The fourth-order valence-corrected chi connectivity index (χ4v) is 5.10. The summed E-state index contributed by atoms with van der Waals surface area (Å²) in [5.74, 6) is 0.401. The molecule has 2 aliphatic rings. The molecule has 4 nitrogen and oxygen atoms in total. The molecule has 0 saturated carbocycles. The SMILES string of the molecule is CN1CC(c2ccc3sncc3c2)c2ccccc2C1N1CCOCC1. The van der Waals surface area contributed by atoms with E-state index in [1.165, 1.54) is 26.8 Å². The van der Waals surface area contributed by atoms with E-state index in [0.29, 0.717) is 12.1 Å². The maximum absolute atomic E-state index is 5.57. The van der Waals surface area contributed by atoms with Crippen LogP contribution < -0.4 is 0 Å². The third kappa shape index (κ3) is 2.76. The Morgan fingerprint density at radius 1 is 1.08 bits per heavy atom. The van der Waals surface area contributed by atoms with E-state index in [1.807, 2.05) is 6.20 Å². The van der Waals surface area contributed by atoms with E-state index >= 15 is 0 Å². The zero-order chi connectivity index (χ0) is 17.5. The Labute approximate surface area is 158 Å². The Kier molecular flexibility index (Phi) is 4.25. The van der Waals surface area contributed by atoms with E-state index in [1.54, 1.807) is 11.5 Å². The highest BCUT2D eigenvalue weighted by Gasteiger charge is 2.35. The minimum absolute atomic E-state index is 0.345. The highest BCUT2D eigenvalue weighted by Crippen LogP contribution is 2.41. The van der Waals surface area contributed by atoms with Gasteiger partial charge in [0.2, 0.25) is 0 Å². The molecule has 26 heavy (non-hydrogen) atoms. The number of ether oxygens (including phenoxy) is 1. The van der Waals surface area contributed by atoms with Gasteiger partial charge in [0.1, 0.15) is 0 Å². The highest BCUT2D eigenvalue weighted by atomic mass is 32.1. The lowest BCUT2D eigenvalue weighted by Gasteiger charge is -2.45. The zero-order valence-corrected chi connectivity index (χ0v) is 15.8. The van der Waals surface area contributed by atoms with Crippen LogP contribution in [0.2, 0.25) is 0 Å². The number of fused-ring (bicyclic) bond motifs is 2. The average Bonchev–Trinajstić information content (AvgIpc) is 3.16. The summed E-state index contributed by atoms with van der Waals surface area (Å²) in [5.41, 5.74) is 4.29. The fourth-order valence-electron chi connectivity index (χ4n) is 4.48. The third-order valence-corrected chi connectivity index (χ3v) is 6.49. The second-order valence-corrected chi connectivity index (χ2v) is 8.10. The van der Waals surface area contributed by atoms with Crippen LogP contribution in [-0.4, -0.2) is 54.1 Å². The van der Waals surface area contributed by atoms with Gasteiger partial charge in [0.15, 0.2) is 0 Å². The number of rotatable bonds is 2.